The van der Waals surface area contributed by atoms with Crippen LogP contribution in [0.4, 0.5) is 0 Å². The molecule has 3 nitrogen and oxygen atoms in total. The topological polar surface area (TPSA) is 46.5 Å². The van der Waals surface area contributed by atoms with E-state index in [9.17, 15) is 9.90 Å². The van der Waals surface area contributed by atoms with E-state index in [0.29, 0.717) is 12.5 Å². The average Bonchev–Trinajstić information content (AvgIpc) is 2.13. The monoisotopic (exact) mass is 214 g/mol. The number of aliphatic hydroxyl groups excluding tert-OH is 1. The van der Waals surface area contributed by atoms with Gasteiger partial charge in [0.1, 0.15) is 0 Å². The number of hydrogen-bond acceptors (Lipinski definition) is 3. The second-order valence-corrected chi connectivity index (χ2v) is 4.17. The summed E-state index contributed by atoms with van der Waals surface area (Å²) in [5, 5.41) is 9.73. The predicted octanol–water partition coefficient (Wildman–Crippen LogP) is 2.15. The minimum absolute atomic E-state index is 0.0168. The normalized spacial score (nSPS) is 15.6. The summed E-state index contributed by atoms with van der Waals surface area (Å²) >= 11 is 0. The van der Waals surface area contributed by atoms with Gasteiger partial charge in [0.25, 0.3) is 0 Å². The molecule has 0 amide bonds. The molecule has 3 heteroatoms. The third-order valence-electron chi connectivity index (χ3n) is 2.14. The quantitative estimate of drug-likeness (QED) is 0.544. The van der Waals surface area contributed by atoms with E-state index in [1.54, 1.807) is 13.0 Å². The van der Waals surface area contributed by atoms with Gasteiger partial charge in [0.05, 0.1) is 12.7 Å². The van der Waals surface area contributed by atoms with Crippen LogP contribution < -0.4 is 0 Å². The first-order valence-corrected chi connectivity index (χ1v) is 5.50. The van der Waals surface area contributed by atoms with Gasteiger partial charge in [-0.05, 0) is 19.3 Å². The van der Waals surface area contributed by atoms with Crippen LogP contribution in [0.5, 0.6) is 0 Å². The molecular formula is C12H22O3. The zero-order valence-corrected chi connectivity index (χ0v) is 10.1. The van der Waals surface area contributed by atoms with E-state index in [-0.39, 0.29) is 11.9 Å². The van der Waals surface area contributed by atoms with Gasteiger partial charge in [0.2, 0.25) is 0 Å². The van der Waals surface area contributed by atoms with Crippen LogP contribution in [0.25, 0.3) is 0 Å². The molecule has 0 radical (unpaired) electrons. The Labute approximate surface area is 92.1 Å². The molecule has 0 aromatic heterocycles. The van der Waals surface area contributed by atoms with Crippen LogP contribution in [-0.4, -0.2) is 23.8 Å². The SMILES string of the molecule is CCOC(=O)/C=C/[C@H](C)[C@@H](O)CC(C)C. The van der Waals surface area contributed by atoms with Gasteiger partial charge in [-0.25, -0.2) is 4.79 Å². The third-order valence-corrected chi connectivity index (χ3v) is 2.14. The smallest absolute Gasteiger partial charge is 0.330 e. The van der Waals surface area contributed by atoms with Crippen molar-refractivity contribution in [3.8, 4) is 0 Å². The van der Waals surface area contributed by atoms with Crippen molar-refractivity contribution in [2.45, 2.75) is 40.2 Å². The average molecular weight is 214 g/mol. The summed E-state index contributed by atoms with van der Waals surface area (Å²) in [4.78, 5) is 11.0. The molecular weight excluding hydrogens is 192 g/mol. The van der Waals surface area contributed by atoms with Gasteiger partial charge in [-0.1, -0.05) is 26.8 Å². The highest BCUT2D eigenvalue weighted by atomic mass is 16.5. The largest absolute Gasteiger partial charge is 0.463 e. The van der Waals surface area contributed by atoms with Crippen LogP contribution in [0, 0.1) is 11.8 Å². The van der Waals surface area contributed by atoms with E-state index in [2.05, 4.69) is 13.8 Å². The van der Waals surface area contributed by atoms with Gasteiger partial charge < -0.3 is 9.84 Å². The van der Waals surface area contributed by atoms with Crippen molar-refractivity contribution < 1.29 is 14.6 Å². The van der Waals surface area contributed by atoms with Gasteiger partial charge in [-0.2, -0.15) is 0 Å². The van der Waals surface area contributed by atoms with Crippen molar-refractivity contribution in [1.82, 2.24) is 0 Å². The molecule has 0 aromatic carbocycles. The first kappa shape index (κ1) is 14.2. The molecule has 0 rings (SSSR count). The molecule has 0 aliphatic heterocycles. The molecule has 0 aliphatic carbocycles. The minimum atomic E-state index is -0.393. The third kappa shape index (κ3) is 7.14. The Morgan fingerprint density at radius 1 is 1.40 bits per heavy atom. The molecule has 15 heavy (non-hydrogen) atoms. The number of hydrogen-bond donors (Lipinski definition) is 1. The summed E-state index contributed by atoms with van der Waals surface area (Å²) < 4.78 is 4.75. The summed E-state index contributed by atoms with van der Waals surface area (Å²) in [6.07, 6.45) is 3.44. The summed E-state index contributed by atoms with van der Waals surface area (Å²) in [5.41, 5.74) is 0. The van der Waals surface area contributed by atoms with Gasteiger partial charge in [-0.15, -0.1) is 0 Å². The predicted molar refractivity (Wildman–Crippen MR) is 60.4 cm³/mol. The molecule has 0 bridgehead atoms. The lowest BCUT2D eigenvalue weighted by molar-refractivity contribution is -0.137. The molecule has 0 spiro atoms. The molecule has 0 saturated heterocycles. The van der Waals surface area contributed by atoms with Crippen LogP contribution in [0.15, 0.2) is 12.2 Å². The first-order chi connectivity index (χ1) is 6.97. The Balaban J connectivity index is 3.99. The van der Waals surface area contributed by atoms with E-state index in [0.717, 1.165) is 6.42 Å². The maximum absolute atomic E-state index is 11.0. The molecule has 0 unspecified atom stereocenters. The minimum Gasteiger partial charge on any atom is -0.463 e. The number of esters is 1. The van der Waals surface area contributed by atoms with Crippen LogP contribution in [0.1, 0.15) is 34.1 Å². The highest BCUT2D eigenvalue weighted by Gasteiger charge is 2.13. The summed E-state index contributed by atoms with van der Waals surface area (Å²) in [6.45, 7) is 8.16. The first-order valence-electron chi connectivity index (χ1n) is 5.50. The Bertz CT molecular complexity index is 209. The Hall–Kier alpha value is -0.830. The highest BCUT2D eigenvalue weighted by Crippen LogP contribution is 2.13. The fourth-order valence-corrected chi connectivity index (χ4v) is 1.25. The van der Waals surface area contributed by atoms with E-state index < -0.39 is 6.10 Å². The van der Waals surface area contributed by atoms with Crippen molar-refractivity contribution in [2.75, 3.05) is 6.61 Å². The molecule has 0 fully saturated rings. The molecule has 0 saturated carbocycles. The Kier molecular flexibility index (Phi) is 7.05. The van der Waals surface area contributed by atoms with Crippen molar-refractivity contribution in [3.63, 3.8) is 0 Å². The zero-order valence-electron chi connectivity index (χ0n) is 10.1. The summed E-state index contributed by atoms with van der Waals surface area (Å²) in [7, 11) is 0. The maximum atomic E-state index is 11.0. The zero-order chi connectivity index (χ0) is 11.8. The van der Waals surface area contributed by atoms with Crippen LogP contribution in [0.2, 0.25) is 0 Å². The van der Waals surface area contributed by atoms with E-state index in [1.807, 2.05) is 6.92 Å². The lowest BCUT2D eigenvalue weighted by atomic mass is 9.96. The fraction of sp³-hybridized carbons (Fsp3) is 0.750. The van der Waals surface area contributed by atoms with Gasteiger partial charge in [-0.3, -0.25) is 0 Å². The molecule has 0 aliphatic rings. The number of aliphatic hydroxyl groups is 1. The molecule has 88 valence electrons. The van der Waals surface area contributed by atoms with Gasteiger partial charge >= 0.3 is 5.97 Å². The van der Waals surface area contributed by atoms with E-state index in [1.165, 1.54) is 6.08 Å². The number of carbonyl (C=O) groups excluding carboxylic acids is 1. The number of rotatable bonds is 6. The molecule has 0 aromatic rings. The Morgan fingerprint density at radius 2 is 2.00 bits per heavy atom. The van der Waals surface area contributed by atoms with Crippen molar-refractivity contribution in [2.24, 2.45) is 11.8 Å². The Morgan fingerprint density at radius 3 is 2.47 bits per heavy atom. The van der Waals surface area contributed by atoms with E-state index in [4.69, 9.17) is 4.74 Å². The lowest BCUT2D eigenvalue weighted by Gasteiger charge is -2.17. The summed E-state index contributed by atoms with van der Waals surface area (Å²) in [5.74, 6) is 0.0938. The van der Waals surface area contributed by atoms with Crippen LogP contribution >= 0.6 is 0 Å². The highest BCUT2D eigenvalue weighted by molar-refractivity contribution is 5.81. The van der Waals surface area contributed by atoms with Crippen LogP contribution in [-0.2, 0) is 9.53 Å². The second-order valence-electron chi connectivity index (χ2n) is 4.17. The van der Waals surface area contributed by atoms with Crippen molar-refractivity contribution in [1.29, 1.82) is 0 Å². The van der Waals surface area contributed by atoms with Crippen molar-refractivity contribution >= 4 is 5.97 Å². The second kappa shape index (κ2) is 7.46. The van der Waals surface area contributed by atoms with Crippen LogP contribution in [0.3, 0.4) is 0 Å². The summed E-state index contributed by atoms with van der Waals surface area (Å²) in [6, 6.07) is 0. The van der Waals surface area contributed by atoms with E-state index >= 15 is 0 Å². The standard InChI is InChI=1S/C12H22O3/c1-5-15-12(14)7-6-10(4)11(13)8-9(2)3/h6-7,9-11,13H,5,8H2,1-4H3/b7-6+/t10-,11-/m0/s1. The molecule has 0 heterocycles. The van der Waals surface area contributed by atoms with Gasteiger partial charge in [0.15, 0.2) is 0 Å². The van der Waals surface area contributed by atoms with Crippen molar-refractivity contribution in [3.05, 3.63) is 12.2 Å². The molecule has 1 N–H and O–H groups in total. The fourth-order valence-electron chi connectivity index (χ4n) is 1.25. The number of ether oxygens (including phenoxy) is 1. The lowest BCUT2D eigenvalue weighted by Crippen LogP contribution is -2.18. The maximum Gasteiger partial charge on any atom is 0.330 e. The van der Waals surface area contributed by atoms with Gasteiger partial charge in [0, 0.05) is 12.0 Å². The molecule has 2 atom stereocenters. The number of carbonyl (C=O) groups is 1.